The number of thiazole rings is 1. The molecular formula is C19H22N3S+. The molecule has 1 aliphatic rings. The van der Waals surface area contributed by atoms with Crippen molar-refractivity contribution in [3.05, 3.63) is 59.1 Å². The summed E-state index contributed by atoms with van der Waals surface area (Å²) in [6.45, 7) is 7.89. The number of quaternary nitrogens is 1. The average Bonchev–Trinajstić information content (AvgIpc) is 2.98. The van der Waals surface area contributed by atoms with E-state index in [1.54, 1.807) is 4.90 Å². The van der Waals surface area contributed by atoms with E-state index < -0.39 is 0 Å². The lowest BCUT2D eigenvalue weighted by molar-refractivity contribution is -0.914. The molecule has 0 radical (unpaired) electrons. The molecule has 1 N–H and O–H groups in total. The molecule has 4 rings (SSSR count). The summed E-state index contributed by atoms with van der Waals surface area (Å²) < 4.78 is 1.31. The summed E-state index contributed by atoms with van der Waals surface area (Å²) in [4.78, 5) is 8.95. The molecule has 118 valence electrons. The number of aromatic nitrogens is 1. The molecule has 1 aromatic heterocycles. The van der Waals surface area contributed by atoms with Crippen molar-refractivity contribution in [2.24, 2.45) is 0 Å². The Hall–Kier alpha value is -1.91. The summed E-state index contributed by atoms with van der Waals surface area (Å²) in [6.07, 6.45) is 0. The average molecular weight is 324 g/mol. The minimum absolute atomic E-state index is 1.06. The van der Waals surface area contributed by atoms with Crippen LogP contribution in [0.4, 0.5) is 5.69 Å². The standard InChI is InChI=1S/C19H21N3S/c1-15-6-2-4-8-17(15)22-12-10-21(11-13-22)14-19-20-16-7-3-5-9-18(16)23-19/h2-9H,10-14H2,1H3/p+1. The third-order valence-corrected chi connectivity index (χ3v) is 5.70. The number of rotatable bonds is 3. The number of hydrogen-bond donors (Lipinski definition) is 1. The van der Waals surface area contributed by atoms with Gasteiger partial charge >= 0.3 is 0 Å². The molecule has 0 aliphatic carbocycles. The van der Waals surface area contributed by atoms with Gasteiger partial charge in [-0.15, -0.1) is 11.3 Å². The highest BCUT2D eigenvalue weighted by Gasteiger charge is 2.22. The van der Waals surface area contributed by atoms with Crippen LogP contribution in [0.2, 0.25) is 0 Å². The Balaban J connectivity index is 1.41. The van der Waals surface area contributed by atoms with Gasteiger partial charge in [-0.1, -0.05) is 30.3 Å². The summed E-state index contributed by atoms with van der Waals surface area (Å²) in [5.41, 5.74) is 3.92. The highest BCUT2D eigenvalue weighted by Crippen LogP contribution is 2.21. The fourth-order valence-electron chi connectivity index (χ4n) is 3.37. The molecule has 0 bridgehead atoms. The molecule has 4 heteroatoms. The third kappa shape index (κ3) is 3.09. The second-order valence-corrected chi connectivity index (χ2v) is 7.39. The Morgan fingerprint density at radius 2 is 1.78 bits per heavy atom. The summed E-state index contributed by atoms with van der Waals surface area (Å²) >= 11 is 1.85. The van der Waals surface area contributed by atoms with E-state index in [4.69, 9.17) is 4.98 Å². The maximum atomic E-state index is 4.78. The monoisotopic (exact) mass is 324 g/mol. The zero-order valence-electron chi connectivity index (χ0n) is 13.5. The van der Waals surface area contributed by atoms with Gasteiger partial charge in [0.25, 0.3) is 0 Å². The SMILES string of the molecule is Cc1ccccc1N1CC[NH+](Cc2nc3ccccc3s2)CC1. The number of nitrogens with one attached hydrogen (secondary N) is 1. The predicted molar refractivity (Wildman–Crippen MR) is 97.4 cm³/mol. The smallest absolute Gasteiger partial charge is 0.148 e. The highest BCUT2D eigenvalue weighted by molar-refractivity contribution is 7.18. The zero-order valence-corrected chi connectivity index (χ0v) is 14.3. The van der Waals surface area contributed by atoms with Gasteiger partial charge in [0.05, 0.1) is 36.4 Å². The highest BCUT2D eigenvalue weighted by atomic mass is 32.1. The summed E-state index contributed by atoms with van der Waals surface area (Å²) in [7, 11) is 0. The van der Waals surface area contributed by atoms with Crippen molar-refractivity contribution < 1.29 is 4.90 Å². The van der Waals surface area contributed by atoms with Gasteiger partial charge in [-0.25, -0.2) is 4.98 Å². The van der Waals surface area contributed by atoms with E-state index in [1.165, 1.54) is 34.0 Å². The first-order valence-electron chi connectivity index (χ1n) is 8.28. The molecule has 1 fully saturated rings. The van der Waals surface area contributed by atoms with Gasteiger partial charge in [-0.05, 0) is 30.7 Å². The van der Waals surface area contributed by atoms with Crippen molar-refractivity contribution in [1.29, 1.82) is 0 Å². The molecule has 3 aromatic rings. The fraction of sp³-hybridized carbons (Fsp3) is 0.316. The predicted octanol–water partition coefficient (Wildman–Crippen LogP) is 2.51. The number of para-hydroxylation sites is 2. The zero-order chi connectivity index (χ0) is 15.6. The van der Waals surface area contributed by atoms with Crippen molar-refractivity contribution >= 4 is 27.2 Å². The van der Waals surface area contributed by atoms with Crippen molar-refractivity contribution in [3.8, 4) is 0 Å². The second kappa shape index (κ2) is 6.30. The lowest BCUT2D eigenvalue weighted by Gasteiger charge is -2.34. The number of benzene rings is 2. The van der Waals surface area contributed by atoms with Crippen LogP contribution in [0.5, 0.6) is 0 Å². The number of piperazine rings is 1. The van der Waals surface area contributed by atoms with Gasteiger partial charge in [-0.3, -0.25) is 0 Å². The van der Waals surface area contributed by atoms with Crippen LogP contribution in [0.3, 0.4) is 0 Å². The Kier molecular flexibility index (Phi) is 4.02. The van der Waals surface area contributed by atoms with E-state index in [9.17, 15) is 0 Å². The normalized spacial score (nSPS) is 16.1. The Morgan fingerprint density at radius 1 is 1.04 bits per heavy atom. The van der Waals surface area contributed by atoms with Gasteiger partial charge in [0.1, 0.15) is 11.6 Å². The number of nitrogens with zero attached hydrogens (tertiary/aromatic N) is 2. The Morgan fingerprint density at radius 3 is 2.57 bits per heavy atom. The number of fused-ring (bicyclic) bond motifs is 1. The Bertz CT molecular complexity index is 770. The van der Waals surface area contributed by atoms with Crippen molar-refractivity contribution in [2.75, 3.05) is 31.1 Å². The lowest BCUT2D eigenvalue weighted by Crippen LogP contribution is -3.13. The maximum absolute atomic E-state index is 4.78. The second-order valence-electron chi connectivity index (χ2n) is 6.28. The minimum atomic E-state index is 1.06. The van der Waals surface area contributed by atoms with Crippen molar-refractivity contribution in [1.82, 2.24) is 4.98 Å². The number of anilines is 1. The molecule has 3 nitrogen and oxygen atoms in total. The molecule has 23 heavy (non-hydrogen) atoms. The van der Waals surface area contributed by atoms with E-state index in [2.05, 4.69) is 60.4 Å². The lowest BCUT2D eigenvalue weighted by atomic mass is 10.1. The molecule has 1 aliphatic heterocycles. The van der Waals surface area contributed by atoms with Gasteiger partial charge in [0, 0.05) is 5.69 Å². The molecule has 0 atom stereocenters. The number of hydrogen-bond acceptors (Lipinski definition) is 3. The van der Waals surface area contributed by atoms with E-state index in [0.717, 1.165) is 25.2 Å². The first kappa shape index (κ1) is 14.7. The molecule has 2 aromatic carbocycles. The quantitative estimate of drug-likeness (QED) is 0.799. The van der Waals surface area contributed by atoms with Crippen LogP contribution < -0.4 is 9.80 Å². The summed E-state index contributed by atoms with van der Waals surface area (Å²) in [5.74, 6) is 0. The molecule has 0 amide bonds. The molecule has 1 saturated heterocycles. The van der Waals surface area contributed by atoms with Crippen LogP contribution in [-0.4, -0.2) is 31.2 Å². The molecule has 0 saturated carbocycles. The Labute approximate surface area is 141 Å². The maximum Gasteiger partial charge on any atom is 0.148 e. The van der Waals surface area contributed by atoms with Gasteiger partial charge in [-0.2, -0.15) is 0 Å². The van der Waals surface area contributed by atoms with Crippen LogP contribution in [0, 0.1) is 6.92 Å². The van der Waals surface area contributed by atoms with Gasteiger partial charge < -0.3 is 9.80 Å². The first-order valence-corrected chi connectivity index (χ1v) is 9.10. The van der Waals surface area contributed by atoms with Crippen LogP contribution in [-0.2, 0) is 6.54 Å². The van der Waals surface area contributed by atoms with Crippen molar-refractivity contribution in [3.63, 3.8) is 0 Å². The van der Waals surface area contributed by atoms with Crippen LogP contribution in [0.15, 0.2) is 48.5 Å². The molecular weight excluding hydrogens is 302 g/mol. The van der Waals surface area contributed by atoms with E-state index in [-0.39, 0.29) is 0 Å². The molecule has 2 heterocycles. The number of aryl methyl sites for hydroxylation is 1. The topological polar surface area (TPSA) is 20.6 Å². The third-order valence-electron chi connectivity index (χ3n) is 4.67. The van der Waals surface area contributed by atoms with E-state index in [0.29, 0.717) is 0 Å². The fourth-order valence-corrected chi connectivity index (χ4v) is 4.41. The molecule has 0 spiro atoms. The molecule has 0 unspecified atom stereocenters. The van der Waals surface area contributed by atoms with E-state index >= 15 is 0 Å². The van der Waals surface area contributed by atoms with Crippen LogP contribution in [0.1, 0.15) is 10.6 Å². The first-order chi connectivity index (χ1) is 11.3. The van der Waals surface area contributed by atoms with Crippen LogP contribution in [0.25, 0.3) is 10.2 Å². The van der Waals surface area contributed by atoms with Crippen LogP contribution >= 0.6 is 11.3 Å². The van der Waals surface area contributed by atoms with Gasteiger partial charge in [0.15, 0.2) is 0 Å². The van der Waals surface area contributed by atoms with Crippen molar-refractivity contribution in [2.45, 2.75) is 13.5 Å². The minimum Gasteiger partial charge on any atom is -0.360 e. The largest absolute Gasteiger partial charge is 0.360 e. The van der Waals surface area contributed by atoms with E-state index in [1.807, 2.05) is 11.3 Å². The summed E-state index contributed by atoms with van der Waals surface area (Å²) in [5, 5.41) is 1.27. The van der Waals surface area contributed by atoms with Gasteiger partial charge in [0.2, 0.25) is 0 Å². The summed E-state index contributed by atoms with van der Waals surface area (Å²) in [6, 6.07) is 17.2.